The fourth-order valence-electron chi connectivity index (χ4n) is 3.69. The van der Waals surface area contributed by atoms with E-state index in [1.165, 1.54) is 0 Å². The van der Waals surface area contributed by atoms with Crippen LogP contribution in [0.1, 0.15) is 19.3 Å². The van der Waals surface area contributed by atoms with Crippen LogP contribution in [0.15, 0.2) is 0 Å². The van der Waals surface area contributed by atoms with Gasteiger partial charge in [0, 0.05) is 12.8 Å². The molecule has 0 unspecified atom stereocenters. The molecule has 0 atom stereocenters. The average Bonchev–Trinajstić information content (AvgIpc) is 2.99. The summed E-state index contributed by atoms with van der Waals surface area (Å²) in [7, 11) is -12.0. The molecule has 0 amide bonds. The standard InChI is InChI=1S/C21H14F30O6S2/c22-8(23,12(28,29)16(36,37)14(32,33)10(26,18(40,41)42)19(43,44)45)2-6-58(52,53)56-4-1-5-57-59(54,55)7-3-9(24,25)13(30,31)17(38,39)15(34,35)11(27,20(46,47)48)21(49,50)51/h1-7H2. The lowest BCUT2D eigenvalue weighted by molar-refractivity contribution is -0.457. The lowest BCUT2D eigenvalue weighted by Gasteiger charge is -2.43. The highest BCUT2D eigenvalue weighted by atomic mass is 32.2. The van der Waals surface area contributed by atoms with E-state index in [4.69, 9.17) is 0 Å². The lowest BCUT2D eigenvalue weighted by Crippen LogP contribution is -2.75. The van der Waals surface area contributed by atoms with Crippen molar-refractivity contribution in [1.29, 1.82) is 0 Å². The monoisotopic (exact) mass is 996 g/mol. The predicted molar refractivity (Wildman–Crippen MR) is 125 cm³/mol. The zero-order valence-corrected chi connectivity index (χ0v) is 28.2. The largest absolute Gasteiger partial charge is 0.438 e. The first-order valence-electron chi connectivity index (χ1n) is 13.5. The van der Waals surface area contributed by atoms with E-state index in [1.54, 1.807) is 0 Å². The summed E-state index contributed by atoms with van der Waals surface area (Å²) < 4.78 is 451. The Morgan fingerprint density at radius 1 is 0.305 bits per heavy atom. The number of alkyl halides is 30. The summed E-state index contributed by atoms with van der Waals surface area (Å²) in [5.41, 5.74) is -17.4. The van der Waals surface area contributed by atoms with Crippen LogP contribution in [0.2, 0.25) is 0 Å². The summed E-state index contributed by atoms with van der Waals surface area (Å²) in [5.74, 6) is -71.6. The summed E-state index contributed by atoms with van der Waals surface area (Å²) in [4.78, 5) is 0. The van der Waals surface area contributed by atoms with Gasteiger partial charge in [-0.25, -0.2) is 8.78 Å². The molecule has 0 aliphatic heterocycles. The van der Waals surface area contributed by atoms with Gasteiger partial charge in [0.25, 0.3) is 20.2 Å². The van der Waals surface area contributed by atoms with Crippen LogP contribution in [0.3, 0.4) is 0 Å². The van der Waals surface area contributed by atoms with Gasteiger partial charge in [-0.2, -0.15) is 140 Å². The summed E-state index contributed by atoms with van der Waals surface area (Å²) in [6.07, 6.45) is -41.6. The molecule has 0 fully saturated rings. The van der Waals surface area contributed by atoms with Gasteiger partial charge in [0.05, 0.1) is 24.7 Å². The maximum atomic E-state index is 13.9. The van der Waals surface area contributed by atoms with Gasteiger partial charge >= 0.3 is 83.4 Å². The molecule has 0 bridgehead atoms. The predicted octanol–water partition coefficient (Wildman–Crippen LogP) is 9.60. The van der Waals surface area contributed by atoms with Crippen LogP contribution < -0.4 is 0 Å². The molecular formula is C21H14F30O6S2. The Bertz CT molecular complexity index is 1520. The van der Waals surface area contributed by atoms with Crippen LogP contribution in [-0.2, 0) is 28.6 Å². The second kappa shape index (κ2) is 15.8. The molecule has 0 aromatic heterocycles. The van der Waals surface area contributed by atoms with Crippen LogP contribution >= 0.6 is 0 Å². The zero-order chi connectivity index (χ0) is 48.4. The van der Waals surface area contributed by atoms with E-state index in [-0.39, 0.29) is 0 Å². The maximum Gasteiger partial charge on any atom is 0.438 e. The van der Waals surface area contributed by atoms with Gasteiger partial charge in [0.1, 0.15) is 0 Å². The summed E-state index contributed by atoms with van der Waals surface area (Å²) >= 11 is 0. The molecule has 0 radical (unpaired) electrons. The Balaban J connectivity index is 5.81. The van der Waals surface area contributed by atoms with E-state index in [2.05, 4.69) is 8.37 Å². The highest BCUT2D eigenvalue weighted by Crippen LogP contribution is 2.66. The maximum absolute atomic E-state index is 13.9. The van der Waals surface area contributed by atoms with Crippen molar-refractivity contribution in [2.45, 2.75) is 103 Å². The van der Waals surface area contributed by atoms with E-state index in [9.17, 15) is 149 Å². The van der Waals surface area contributed by atoms with E-state index < -0.39 is 148 Å². The summed E-state index contributed by atoms with van der Waals surface area (Å²) in [6.45, 7) is -3.59. The van der Waals surface area contributed by atoms with Crippen molar-refractivity contribution in [3.8, 4) is 0 Å². The van der Waals surface area contributed by atoms with Gasteiger partial charge in [-0.15, -0.1) is 0 Å². The molecule has 59 heavy (non-hydrogen) atoms. The van der Waals surface area contributed by atoms with Crippen LogP contribution in [-0.4, -0.2) is 125 Å². The molecule has 6 nitrogen and oxygen atoms in total. The zero-order valence-electron chi connectivity index (χ0n) is 26.6. The normalized spacial score (nSPS) is 16.5. The first-order valence-corrected chi connectivity index (χ1v) is 16.7. The molecule has 0 rings (SSSR count). The van der Waals surface area contributed by atoms with Crippen LogP contribution in [0.5, 0.6) is 0 Å². The summed E-state index contributed by atoms with van der Waals surface area (Å²) in [5, 5.41) is 0. The first-order chi connectivity index (χ1) is 25.1. The van der Waals surface area contributed by atoms with Gasteiger partial charge in [-0.3, -0.25) is 8.37 Å². The molecule has 38 heteroatoms. The molecule has 0 aromatic carbocycles. The smallest absolute Gasteiger partial charge is 0.270 e. The highest BCUT2D eigenvalue weighted by molar-refractivity contribution is 7.86. The molecule has 0 heterocycles. The van der Waals surface area contributed by atoms with Crippen molar-refractivity contribution >= 4 is 20.2 Å². The van der Waals surface area contributed by atoms with Crippen molar-refractivity contribution in [3.05, 3.63) is 0 Å². The van der Waals surface area contributed by atoms with Gasteiger partial charge in [-0.1, -0.05) is 0 Å². The number of halogens is 30. The highest BCUT2D eigenvalue weighted by Gasteiger charge is 2.97. The van der Waals surface area contributed by atoms with E-state index in [0.29, 0.717) is 0 Å². The molecule has 0 aliphatic rings. The third-order valence-corrected chi connectivity index (χ3v) is 9.53. The fraction of sp³-hybridized carbons (Fsp3) is 1.00. The Labute approximate surface area is 305 Å². The van der Waals surface area contributed by atoms with Crippen molar-refractivity contribution in [2.75, 3.05) is 24.7 Å². The van der Waals surface area contributed by atoms with Crippen molar-refractivity contribution < 1.29 is 157 Å². The molecule has 0 N–H and O–H groups in total. The topological polar surface area (TPSA) is 86.7 Å². The molecule has 0 spiro atoms. The van der Waals surface area contributed by atoms with Crippen molar-refractivity contribution in [2.24, 2.45) is 0 Å². The molecule has 0 saturated heterocycles. The van der Waals surface area contributed by atoms with Gasteiger partial charge in [0.15, 0.2) is 0 Å². The SMILES string of the molecule is O=S(=O)(CCC(F)(F)C(F)(F)C(F)(F)C(F)(F)C(F)(C(F)(F)F)C(F)(F)F)OCCCOS(=O)(=O)CCC(F)(F)C(F)(F)C(F)(F)C(F)(F)C(F)(C(F)(F)F)C(F)(F)F. The molecule has 356 valence electrons. The molecular weight excluding hydrogens is 982 g/mol. The minimum Gasteiger partial charge on any atom is -0.270 e. The average molecular weight is 996 g/mol. The second-order valence-electron chi connectivity index (χ2n) is 11.2. The van der Waals surface area contributed by atoms with Gasteiger partial charge in [0.2, 0.25) is 0 Å². The Morgan fingerprint density at radius 3 is 0.695 bits per heavy atom. The van der Waals surface area contributed by atoms with E-state index in [0.717, 1.165) is 0 Å². The first kappa shape index (κ1) is 56.7. The van der Waals surface area contributed by atoms with E-state index >= 15 is 0 Å². The fourth-order valence-corrected chi connectivity index (χ4v) is 5.68. The van der Waals surface area contributed by atoms with Crippen molar-refractivity contribution in [1.82, 2.24) is 0 Å². The third-order valence-electron chi connectivity index (χ3n) is 7.07. The minimum atomic E-state index is -8.86. The minimum absolute atomic E-state index is 1.47. The summed E-state index contributed by atoms with van der Waals surface area (Å²) in [6, 6.07) is 0. The van der Waals surface area contributed by atoms with Gasteiger partial charge in [-0.05, 0) is 6.42 Å². The lowest BCUT2D eigenvalue weighted by atomic mass is 9.85. The second-order valence-corrected chi connectivity index (χ2v) is 14.7. The number of rotatable bonds is 20. The number of hydrogen-bond acceptors (Lipinski definition) is 6. The van der Waals surface area contributed by atoms with Crippen molar-refractivity contribution in [3.63, 3.8) is 0 Å². The quantitative estimate of drug-likeness (QED) is 0.0687. The Hall–Kier alpha value is -2.28. The van der Waals surface area contributed by atoms with Crippen LogP contribution in [0.4, 0.5) is 132 Å². The Morgan fingerprint density at radius 2 is 0.508 bits per heavy atom. The number of hydrogen-bond donors (Lipinski definition) is 0. The third kappa shape index (κ3) is 9.56. The van der Waals surface area contributed by atoms with Gasteiger partial charge < -0.3 is 0 Å². The van der Waals surface area contributed by atoms with Crippen LogP contribution in [0.25, 0.3) is 0 Å². The molecule has 0 saturated carbocycles. The van der Waals surface area contributed by atoms with Crippen LogP contribution in [0, 0.1) is 0 Å². The van der Waals surface area contributed by atoms with E-state index in [1.807, 2.05) is 0 Å². The Kier molecular flexibility index (Phi) is 15.2. The molecule has 0 aliphatic carbocycles. The molecule has 0 aromatic rings.